The van der Waals surface area contributed by atoms with Crippen LogP contribution in [-0.4, -0.2) is 33.2 Å². The molecular weight excluding hydrogens is 290 g/mol. The molecule has 6 nitrogen and oxygen atoms in total. The maximum Gasteiger partial charge on any atom is 0.217 e. The second-order valence-electron chi connectivity index (χ2n) is 4.63. The van der Waals surface area contributed by atoms with Crippen molar-refractivity contribution in [3.05, 3.63) is 29.8 Å². The molecule has 0 radical (unpaired) electrons. The van der Waals surface area contributed by atoms with Gasteiger partial charge in [0.15, 0.2) is 9.84 Å². The standard InChI is InChI=1S/C14H19N3O3S/c15-11-12-4-6-13(7-5-12)21(19,20)10-9-17-8-2-1-3-14(16)18/h4-7,17H,1-3,8-10H2,(H2,16,18). The number of nitrogens with one attached hydrogen (secondary N) is 1. The molecule has 0 aromatic heterocycles. The molecule has 1 amide bonds. The summed E-state index contributed by atoms with van der Waals surface area (Å²) in [6.45, 7) is 0.995. The normalized spacial score (nSPS) is 11.0. The highest BCUT2D eigenvalue weighted by molar-refractivity contribution is 7.91. The topological polar surface area (TPSA) is 113 Å². The Labute approximate surface area is 124 Å². The van der Waals surface area contributed by atoms with E-state index >= 15 is 0 Å². The number of nitrogens with two attached hydrogens (primary N) is 1. The van der Waals surface area contributed by atoms with Gasteiger partial charge in [-0.25, -0.2) is 8.42 Å². The molecule has 0 aliphatic carbocycles. The van der Waals surface area contributed by atoms with Crippen molar-refractivity contribution in [1.29, 1.82) is 5.26 Å². The molecule has 0 heterocycles. The Morgan fingerprint density at radius 3 is 2.43 bits per heavy atom. The average molecular weight is 309 g/mol. The fraction of sp³-hybridized carbons (Fsp3) is 0.429. The van der Waals surface area contributed by atoms with Crippen LogP contribution in [-0.2, 0) is 14.6 Å². The molecule has 21 heavy (non-hydrogen) atoms. The van der Waals surface area contributed by atoms with E-state index < -0.39 is 9.84 Å². The maximum atomic E-state index is 12.0. The molecule has 1 aromatic rings. The lowest BCUT2D eigenvalue weighted by molar-refractivity contribution is -0.118. The SMILES string of the molecule is N#Cc1ccc(S(=O)(=O)CCNCCCCC(N)=O)cc1. The van der Waals surface area contributed by atoms with Crippen LogP contribution in [0.1, 0.15) is 24.8 Å². The lowest BCUT2D eigenvalue weighted by Crippen LogP contribution is -2.24. The van der Waals surface area contributed by atoms with E-state index in [1.165, 1.54) is 24.3 Å². The van der Waals surface area contributed by atoms with Crippen LogP contribution in [0.3, 0.4) is 0 Å². The predicted molar refractivity (Wildman–Crippen MR) is 79.1 cm³/mol. The molecule has 1 aromatic carbocycles. The summed E-state index contributed by atoms with van der Waals surface area (Å²) >= 11 is 0. The summed E-state index contributed by atoms with van der Waals surface area (Å²) in [5, 5.41) is 11.7. The number of unbranched alkanes of at least 4 members (excludes halogenated alkanes) is 1. The molecule has 114 valence electrons. The molecule has 0 saturated heterocycles. The highest BCUT2D eigenvalue weighted by atomic mass is 32.2. The van der Waals surface area contributed by atoms with Crippen LogP contribution >= 0.6 is 0 Å². The molecule has 7 heteroatoms. The number of primary amides is 1. The third-order valence-electron chi connectivity index (χ3n) is 2.92. The molecule has 0 fully saturated rings. The summed E-state index contributed by atoms with van der Waals surface area (Å²) in [4.78, 5) is 10.7. The highest BCUT2D eigenvalue weighted by Crippen LogP contribution is 2.11. The smallest absolute Gasteiger partial charge is 0.217 e. The number of sulfone groups is 1. The van der Waals surface area contributed by atoms with Crippen LogP contribution in [0.5, 0.6) is 0 Å². The zero-order valence-electron chi connectivity index (χ0n) is 11.7. The van der Waals surface area contributed by atoms with Crippen molar-refractivity contribution in [2.45, 2.75) is 24.2 Å². The quantitative estimate of drug-likeness (QED) is 0.648. The van der Waals surface area contributed by atoms with E-state index in [2.05, 4.69) is 5.32 Å². The van der Waals surface area contributed by atoms with Crippen molar-refractivity contribution in [3.8, 4) is 6.07 Å². The van der Waals surface area contributed by atoms with Gasteiger partial charge in [0.1, 0.15) is 0 Å². The highest BCUT2D eigenvalue weighted by Gasteiger charge is 2.13. The molecule has 0 spiro atoms. The number of hydrogen-bond donors (Lipinski definition) is 2. The summed E-state index contributed by atoms with van der Waals surface area (Å²) < 4.78 is 24.1. The van der Waals surface area contributed by atoms with E-state index in [9.17, 15) is 13.2 Å². The molecule has 3 N–H and O–H groups in total. The van der Waals surface area contributed by atoms with Crippen LogP contribution in [0.25, 0.3) is 0 Å². The summed E-state index contributed by atoms with van der Waals surface area (Å²) in [5.74, 6) is -0.326. The van der Waals surface area contributed by atoms with Gasteiger partial charge in [-0.1, -0.05) is 0 Å². The first kappa shape index (κ1) is 17.1. The number of nitriles is 1. The van der Waals surface area contributed by atoms with Crippen LogP contribution in [0.4, 0.5) is 0 Å². The van der Waals surface area contributed by atoms with E-state index in [-0.39, 0.29) is 16.6 Å². The molecule has 0 aliphatic rings. The van der Waals surface area contributed by atoms with Gasteiger partial charge in [0.05, 0.1) is 22.3 Å². The number of carbonyl (C=O) groups is 1. The Morgan fingerprint density at radius 2 is 1.86 bits per heavy atom. The largest absolute Gasteiger partial charge is 0.370 e. The van der Waals surface area contributed by atoms with Gasteiger partial charge in [-0.05, 0) is 43.7 Å². The van der Waals surface area contributed by atoms with Gasteiger partial charge in [0.2, 0.25) is 5.91 Å². The summed E-state index contributed by atoms with van der Waals surface area (Å²) in [6, 6.07) is 7.82. The van der Waals surface area contributed by atoms with Crippen LogP contribution < -0.4 is 11.1 Å². The third kappa shape index (κ3) is 6.38. The van der Waals surface area contributed by atoms with Crippen molar-refractivity contribution >= 4 is 15.7 Å². The molecular formula is C14H19N3O3S. The van der Waals surface area contributed by atoms with E-state index in [4.69, 9.17) is 11.0 Å². The van der Waals surface area contributed by atoms with Gasteiger partial charge in [-0.15, -0.1) is 0 Å². The number of benzene rings is 1. The number of amides is 1. The van der Waals surface area contributed by atoms with Gasteiger partial charge >= 0.3 is 0 Å². The molecule has 1 rings (SSSR count). The molecule has 0 aliphatic heterocycles. The number of nitrogens with zero attached hydrogens (tertiary/aromatic N) is 1. The minimum Gasteiger partial charge on any atom is -0.370 e. The first-order chi connectivity index (χ1) is 9.95. The van der Waals surface area contributed by atoms with Crippen LogP contribution in [0.2, 0.25) is 0 Å². The van der Waals surface area contributed by atoms with Crippen molar-refractivity contribution < 1.29 is 13.2 Å². The number of hydrogen-bond acceptors (Lipinski definition) is 5. The lowest BCUT2D eigenvalue weighted by atomic mass is 10.2. The first-order valence-electron chi connectivity index (χ1n) is 6.67. The van der Waals surface area contributed by atoms with Gasteiger partial charge < -0.3 is 11.1 Å². The number of carbonyl (C=O) groups excluding carboxylic acids is 1. The van der Waals surface area contributed by atoms with E-state index in [0.717, 1.165) is 6.42 Å². The Morgan fingerprint density at radius 1 is 1.19 bits per heavy atom. The Balaban J connectivity index is 2.33. The zero-order valence-corrected chi connectivity index (χ0v) is 12.5. The fourth-order valence-corrected chi connectivity index (χ4v) is 2.93. The number of rotatable bonds is 9. The minimum absolute atomic E-state index is 0.00524. The Hall–Kier alpha value is -1.91. The molecule has 0 unspecified atom stereocenters. The second-order valence-corrected chi connectivity index (χ2v) is 6.74. The summed E-state index contributed by atoms with van der Waals surface area (Å²) in [7, 11) is -3.34. The Kier molecular flexibility index (Phi) is 6.85. The van der Waals surface area contributed by atoms with Crippen LogP contribution in [0, 0.1) is 11.3 Å². The molecule has 0 saturated carbocycles. The predicted octanol–water partition coefficient (Wildman–Crippen LogP) is 0.577. The van der Waals surface area contributed by atoms with Crippen molar-refractivity contribution in [2.24, 2.45) is 5.73 Å². The summed E-state index contributed by atoms with van der Waals surface area (Å²) in [6.07, 6.45) is 1.83. The monoisotopic (exact) mass is 309 g/mol. The van der Waals surface area contributed by atoms with Gasteiger partial charge in [-0.2, -0.15) is 5.26 Å². The van der Waals surface area contributed by atoms with E-state index in [1.807, 2.05) is 6.07 Å². The minimum atomic E-state index is -3.34. The van der Waals surface area contributed by atoms with Gasteiger partial charge in [0, 0.05) is 13.0 Å². The Bertz CT molecular complexity index is 603. The van der Waals surface area contributed by atoms with E-state index in [0.29, 0.717) is 31.5 Å². The van der Waals surface area contributed by atoms with E-state index in [1.54, 1.807) is 0 Å². The van der Waals surface area contributed by atoms with Crippen LogP contribution in [0.15, 0.2) is 29.2 Å². The van der Waals surface area contributed by atoms with Crippen molar-refractivity contribution in [2.75, 3.05) is 18.8 Å². The lowest BCUT2D eigenvalue weighted by Gasteiger charge is -2.06. The van der Waals surface area contributed by atoms with Gasteiger partial charge in [-0.3, -0.25) is 4.79 Å². The molecule has 0 bridgehead atoms. The van der Waals surface area contributed by atoms with Gasteiger partial charge in [0.25, 0.3) is 0 Å². The molecule has 0 atom stereocenters. The van der Waals surface area contributed by atoms with Crippen molar-refractivity contribution in [1.82, 2.24) is 5.32 Å². The third-order valence-corrected chi connectivity index (χ3v) is 4.65. The maximum absolute atomic E-state index is 12.0. The first-order valence-corrected chi connectivity index (χ1v) is 8.33. The zero-order chi connectivity index (χ0) is 15.7. The summed E-state index contributed by atoms with van der Waals surface area (Å²) in [5.41, 5.74) is 5.45. The van der Waals surface area contributed by atoms with Crippen molar-refractivity contribution in [3.63, 3.8) is 0 Å². The average Bonchev–Trinajstić information content (AvgIpc) is 2.46. The second kappa shape index (κ2) is 8.39. The fourth-order valence-electron chi connectivity index (χ4n) is 1.74.